The van der Waals surface area contributed by atoms with Crippen molar-refractivity contribution in [3.05, 3.63) is 83.4 Å². The lowest BCUT2D eigenvalue weighted by atomic mass is 10.1. The molecule has 0 aromatic heterocycles. The summed E-state index contributed by atoms with van der Waals surface area (Å²) >= 11 is 5.82. The number of carbonyl (C=O) groups is 1. The first-order chi connectivity index (χ1) is 15.3. The number of carbonyl (C=O) groups excluding carboxylic acids is 1. The Morgan fingerprint density at radius 1 is 1.00 bits per heavy atom. The fraction of sp³-hybridized carbons (Fsp3) is 0.174. The van der Waals surface area contributed by atoms with Gasteiger partial charge >= 0.3 is 0 Å². The smallest absolute Gasteiger partial charge is 0.261 e. The maximum Gasteiger partial charge on any atom is 0.261 e. The van der Waals surface area contributed by atoms with E-state index >= 15 is 0 Å². The summed E-state index contributed by atoms with van der Waals surface area (Å²) in [6.45, 7) is 1.64. The van der Waals surface area contributed by atoms with Crippen molar-refractivity contribution in [2.75, 3.05) is 18.4 Å². The Balaban J connectivity index is 1.56. The number of para-hydroxylation sites is 1. The Bertz CT molecular complexity index is 1170. The molecule has 0 aliphatic heterocycles. The molecule has 0 saturated heterocycles. The van der Waals surface area contributed by atoms with Crippen LogP contribution in [0.5, 0.6) is 11.5 Å². The SMILES string of the molecule is COc1ccccc1[C@H](C)NC(=O)COc1ccc(S(=O)(=O)Nc2ccc(Cl)cc2)cc1. The molecule has 7 nitrogen and oxygen atoms in total. The minimum atomic E-state index is -3.77. The second kappa shape index (κ2) is 10.4. The van der Waals surface area contributed by atoms with Crippen molar-refractivity contribution in [2.45, 2.75) is 17.9 Å². The first-order valence-corrected chi connectivity index (χ1v) is 11.6. The van der Waals surface area contributed by atoms with E-state index in [0.717, 1.165) is 5.56 Å². The van der Waals surface area contributed by atoms with Crippen LogP contribution in [0, 0.1) is 0 Å². The summed E-state index contributed by atoms with van der Waals surface area (Å²) in [5.41, 5.74) is 1.25. The van der Waals surface area contributed by atoms with E-state index in [9.17, 15) is 13.2 Å². The van der Waals surface area contributed by atoms with Gasteiger partial charge in [0.05, 0.1) is 18.0 Å². The quantitative estimate of drug-likeness (QED) is 0.479. The van der Waals surface area contributed by atoms with E-state index in [1.54, 1.807) is 31.4 Å². The number of methoxy groups -OCH3 is 1. The van der Waals surface area contributed by atoms with E-state index in [2.05, 4.69) is 10.0 Å². The molecule has 1 amide bonds. The third kappa shape index (κ3) is 6.15. The molecular weight excluding hydrogens is 452 g/mol. The lowest BCUT2D eigenvalue weighted by Crippen LogP contribution is -2.31. The standard InChI is InChI=1S/C23H23ClN2O5S/c1-16(21-5-3-4-6-22(21)30-2)25-23(27)15-31-19-11-13-20(14-12-19)32(28,29)26-18-9-7-17(24)8-10-18/h3-14,16,26H,15H2,1-2H3,(H,25,27)/t16-/m0/s1. The Kier molecular flexibility index (Phi) is 7.61. The van der Waals surface area contributed by atoms with Crippen molar-refractivity contribution in [2.24, 2.45) is 0 Å². The molecule has 3 aromatic rings. The largest absolute Gasteiger partial charge is 0.496 e. The van der Waals surface area contributed by atoms with Crippen LogP contribution in [-0.4, -0.2) is 28.0 Å². The summed E-state index contributed by atoms with van der Waals surface area (Å²) < 4.78 is 38.3. The fourth-order valence-corrected chi connectivity index (χ4v) is 4.17. The van der Waals surface area contributed by atoms with Crippen LogP contribution in [0.4, 0.5) is 5.69 Å². The van der Waals surface area contributed by atoms with E-state index in [0.29, 0.717) is 22.2 Å². The van der Waals surface area contributed by atoms with Crippen LogP contribution in [0.1, 0.15) is 18.5 Å². The summed E-state index contributed by atoms with van der Waals surface area (Å²) in [6, 6.07) is 19.3. The van der Waals surface area contributed by atoms with Crippen LogP contribution in [0.15, 0.2) is 77.7 Å². The fourth-order valence-electron chi connectivity index (χ4n) is 2.98. The molecule has 3 rings (SSSR count). The van der Waals surface area contributed by atoms with Gasteiger partial charge in [0, 0.05) is 16.3 Å². The molecule has 0 unspecified atom stereocenters. The number of nitrogens with one attached hydrogen (secondary N) is 2. The summed E-state index contributed by atoms with van der Waals surface area (Å²) in [7, 11) is -2.19. The zero-order valence-corrected chi connectivity index (χ0v) is 19.1. The van der Waals surface area contributed by atoms with Crippen molar-refractivity contribution in [1.82, 2.24) is 5.32 Å². The lowest BCUT2D eigenvalue weighted by molar-refractivity contribution is -0.123. The lowest BCUT2D eigenvalue weighted by Gasteiger charge is -2.17. The van der Waals surface area contributed by atoms with Gasteiger partial charge in [-0.2, -0.15) is 0 Å². The van der Waals surface area contributed by atoms with Crippen molar-refractivity contribution in [3.63, 3.8) is 0 Å². The van der Waals surface area contributed by atoms with Crippen molar-refractivity contribution in [1.29, 1.82) is 0 Å². The molecule has 0 aliphatic rings. The highest BCUT2D eigenvalue weighted by molar-refractivity contribution is 7.92. The number of hydrogen-bond donors (Lipinski definition) is 2. The van der Waals surface area contributed by atoms with Crippen molar-refractivity contribution < 1.29 is 22.7 Å². The molecular formula is C23H23ClN2O5S. The van der Waals surface area contributed by atoms with Crippen LogP contribution in [-0.2, 0) is 14.8 Å². The Hall–Kier alpha value is -3.23. The van der Waals surface area contributed by atoms with Gasteiger partial charge in [0.1, 0.15) is 11.5 Å². The zero-order valence-electron chi connectivity index (χ0n) is 17.5. The highest BCUT2D eigenvalue weighted by Crippen LogP contribution is 2.24. The molecule has 0 aliphatic carbocycles. The molecule has 1 atom stereocenters. The first-order valence-electron chi connectivity index (χ1n) is 9.72. The van der Waals surface area contributed by atoms with E-state index in [1.165, 1.54) is 24.3 Å². The number of halogens is 1. The number of hydrogen-bond acceptors (Lipinski definition) is 5. The minimum absolute atomic E-state index is 0.0639. The molecule has 168 valence electrons. The maximum atomic E-state index is 12.5. The molecule has 2 N–H and O–H groups in total. The number of amides is 1. The number of benzene rings is 3. The topological polar surface area (TPSA) is 93.7 Å². The van der Waals surface area contributed by atoms with E-state index in [1.807, 2.05) is 31.2 Å². The summed E-state index contributed by atoms with van der Waals surface area (Å²) in [6.07, 6.45) is 0. The predicted molar refractivity (Wildman–Crippen MR) is 124 cm³/mol. The van der Waals surface area contributed by atoms with Crippen LogP contribution in [0.25, 0.3) is 0 Å². The predicted octanol–water partition coefficient (Wildman–Crippen LogP) is 4.41. The minimum Gasteiger partial charge on any atom is -0.496 e. The first kappa shape index (κ1) is 23.4. The van der Waals surface area contributed by atoms with Gasteiger partial charge in [-0.05, 0) is 61.5 Å². The van der Waals surface area contributed by atoms with Gasteiger partial charge in [0.25, 0.3) is 15.9 Å². The van der Waals surface area contributed by atoms with Crippen molar-refractivity contribution >= 4 is 33.2 Å². The summed E-state index contributed by atoms with van der Waals surface area (Å²) in [4.78, 5) is 12.3. The van der Waals surface area contributed by atoms with Gasteiger partial charge in [-0.3, -0.25) is 9.52 Å². The third-order valence-electron chi connectivity index (χ3n) is 4.58. The third-order valence-corrected chi connectivity index (χ3v) is 6.23. The average Bonchev–Trinajstić information content (AvgIpc) is 2.79. The molecule has 3 aromatic carbocycles. The Labute approximate surface area is 192 Å². The van der Waals surface area contributed by atoms with Gasteiger partial charge in [0.2, 0.25) is 0 Å². The van der Waals surface area contributed by atoms with Gasteiger partial charge in [-0.15, -0.1) is 0 Å². The monoisotopic (exact) mass is 474 g/mol. The van der Waals surface area contributed by atoms with E-state index in [-0.39, 0.29) is 23.5 Å². The van der Waals surface area contributed by atoms with Crippen molar-refractivity contribution in [3.8, 4) is 11.5 Å². The highest BCUT2D eigenvalue weighted by Gasteiger charge is 2.16. The Morgan fingerprint density at radius 3 is 2.31 bits per heavy atom. The molecule has 0 spiro atoms. The van der Waals surface area contributed by atoms with Crippen LogP contribution >= 0.6 is 11.6 Å². The van der Waals surface area contributed by atoms with Gasteiger partial charge < -0.3 is 14.8 Å². The summed E-state index contributed by atoms with van der Waals surface area (Å²) in [5, 5.41) is 3.36. The van der Waals surface area contributed by atoms with E-state index in [4.69, 9.17) is 21.1 Å². The molecule has 9 heteroatoms. The second-order valence-corrected chi connectivity index (χ2v) is 9.02. The molecule has 0 saturated carbocycles. The molecule has 32 heavy (non-hydrogen) atoms. The van der Waals surface area contributed by atoms with Crippen LogP contribution < -0.4 is 19.5 Å². The van der Waals surface area contributed by atoms with Gasteiger partial charge in [0.15, 0.2) is 6.61 Å². The number of rotatable bonds is 9. The molecule has 0 radical (unpaired) electrons. The normalized spacial score (nSPS) is 12.0. The number of sulfonamides is 1. The summed E-state index contributed by atoms with van der Waals surface area (Å²) in [5.74, 6) is 0.741. The zero-order chi connectivity index (χ0) is 23.1. The Morgan fingerprint density at radius 2 is 1.66 bits per heavy atom. The average molecular weight is 475 g/mol. The van der Waals surface area contributed by atoms with Gasteiger partial charge in [-0.1, -0.05) is 29.8 Å². The molecule has 0 heterocycles. The highest BCUT2D eigenvalue weighted by atomic mass is 35.5. The van der Waals surface area contributed by atoms with E-state index < -0.39 is 10.0 Å². The van der Waals surface area contributed by atoms with Crippen LogP contribution in [0.3, 0.4) is 0 Å². The van der Waals surface area contributed by atoms with Gasteiger partial charge in [-0.25, -0.2) is 8.42 Å². The molecule has 0 fully saturated rings. The maximum absolute atomic E-state index is 12.5. The number of ether oxygens (including phenoxy) is 2. The second-order valence-electron chi connectivity index (χ2n) is 6.90. The van der Waals surface area contributed by atoms with Crippen LogP contribution in [0.2, 0.25) is 5.02 Å². The molecule has 0 bridgehead atoms. The number of anilines is 1.